The van der Waals surface area contributed by atoms with E-state index in [0.717, 1.165) is 51.8 Å². The van der Waals surface area contributed by atoms with Crippen molar-refractivity contribution in [3.63, 3.8) is 0 Å². The number of benzene rings is 2. The second kappa shape index (κ2) is 13.2. The summed E-state index contributed by atoms with van der Waals surface area (Å²) in [6.45, 7) is 9.86. The lowest BCUT2D eigenvalue weighted by atomic mass is 9.94. The highest BCUT2D eigenvalue weighted by molar-refractivity contribution is 6.04. The zero-order valence-corrected chi connectivity index (χ0v) is 26.2. The van der Waals surface area contributed by atoms with Gasteiger partial charge in [0.2, 0.25) is 11.9 Å². The number of aromatic nitrogens is 5. The first-order valence-electron chi connectivity index (χ1n) is 15.4. The number of halogens is 1. The number of aliphatic hydroxyl groups excluding tert-OH is 1. The molecule has 0 radical (unpaired) electrons. The topological polar surface area (TPSA) is 133 Å². The molecule has 11 nitrogen and oxygen atoms in total. The number of β-amino-alcohol motifs (C(OH)–C–C–N with tert-alkyl or cyclic N) is 1. The number of hydrogen-bond donors (Lipinski definition) is 4. The quantitative estimate of drug-likeness (QED) is 0.155. The SMILES string of the molecule is C=C(F)C(=O)Nc1ccc2c(-c3ccccc3CNc3nc(NC[C@H]4CCN(C)C[C@@H]4O)nc4c(C(C)C)cnn34)nccc2c1. The number of pyridine rings is 1. The summed E-state index contributed by atoms with van der Waals surface area (Å²) in [6, 6.07) is 15.2. The zero-order chi connectivity index (χ0) is 32.4. The Morgan fingerprint density at radius 2 is 1.98 bits per heavy atom. The molecule has 1 aliphatic heterocycles. The molecule has 2 atom stereocenters. The van der Waals surface area contributed by atoms with Crippen molar-refractivity contribution in [3.8, 4) is 11.3 Å². The second-order valence-corrected chi connectivity index (χ2v) is 12.1. The molecule has 0 unspecified atom stereocenters. The van der Waals surface area contributed by atoms with Gasteiger partial charge < -0.3 is 26.0 Å². The molecule has 1 saturated heterocycles. The number of hydrogen-bond acceptors (Lipinski definition) is 9. The van der Waals surface area contributed by atoms with Crippen molar-refractivity contribution in [2.24, 2.45) is 5.92 Å². The molecule has 2 aromatic carbocycles. The lowest BCUT2D eigenvalue weighted by molar-refractivity contribution is -0.114. The number of likely N-dealkylation sites (N-methyl/N-ethyl adjacent to an activating group) is 1. The van der Waals surface area contributed by atoms with Crippen LogP contribution in [0, 0.1) is 5.92 Å². The molecule has 0 spiro atoms. The van der Waals surface area contributed by atoms with E-state index in [9.17, 15) is 14.3 Å². The third-order valence-corrected chi connectivity index (χ3v) is 8.44. The maximum absolute atomic E-state index is 13.3. The summed E-state index contributed by atoms with van der Waals surface area (Å²) in [6.07, 6.45) is 4.03. The number of amides is 1. The van der Waals surface area contributed by atoms with E-state index in [-0.39, 0.29) is 11.8 Å². The Morgan fingerprint density at radius 1 is 1.15 bits per heavy atom. The summed E-state index contributed by atoms with van der Waals surface area (Å²) < 4.78 is 15.0. The summed E-state index contributed by atoms with van der Waals surface area (Å²) in [5.41, 5.74) is 4.89. The average Bonchev–Trinajstić information content (AvgIpc) is 3.47. The van der Waals surface area contributed by atoms with E-state index in [4.69, 9.17) is 15.0 Å². The van der Waals surface area contributed by atoms with Crippen molar-refractivity contribution >= 4 is 39.9 Å². The summed E-state index contributed by atoms with van der Waals surface area (Å²) >= 11 is 0. The van der Waals surface area contributed by atoms with E-state index in [0.29, 0.717) is 37.2 Å². The monoisotopic (exact) mass is 623 g/mol. The third kappa shape index (κ3) is 6.53. The van der Waals surface area contributed by atoms with E-state index < -0.39 is 17.8 Å². The summed E-state index contributed by atoms with van der Waals surface area (Å²) in [5.74, 6) is -0.582. The smallest absolute Gasteiger partial charge is 0.283 e. The minimum atomic E-state index is -1.05. The Kier molecular flexibility index (Phi) is 8.91. The van der Waals surface area contributed by atoms with Gasteiger partial charge in [-0.2, -0.15) is 19.6 Å². The Bertz CT molecular complexity index is 1910. The van der Waals surface area contributed by atoms with E-state index in [2.05, 4.69) is 46.4 Å². The molecule has 238 valence electrons. The number of aliphatic hydroxyl groups is 1. The molecule has 4 heterocycles. The largest absolute Gasteiger partial charge is 0.391 e. The second-order valence-electron chi connectivity index (χ2n) is 12.1. The summed E-state index contributed by atoms with van der Waals surface area (Å²) in [4.78, 5) is 28.3. The Labute approximate surface area is 266 Å². The fourth-order valence-corrected chi connectivity index (χ4v) is 5.84. The maximum Gasteiger partial charge on any atom is 0.283 e. The van der Waals surface area contributed by atoms with Crippen LogP contribution in [-0.2, 0) is 11.3 Å². The first kappa shape index (κ1) is 31.1. The number of nitrogens with one attached hydrogen (secondary N) is 3. The molecule has 1 amide bonds. The Balaban J connectivity index is 1.28. The molecule has 1 fully saturated rings. The molecular formula is C34H38FN9O2. The van der Waals surface area contributed by atoms with Crippen LogP contribution in [0.25, 0.3) is 27.7 Å². The van der Waals surface area contributed by atoms with Crippen LogP contribution in [0.1, 0.15) is 37.3 Å². The van der Waals surface area contributed by atoms with Crippen LogP contribution in [0.15, 0.2) is 73.3 Å². The number of carbonyl (C=O) groups excluding carboxylic acids is 1. The molecule has 6 rings (SSSR count). The van der Waals surface area contributed by atoms with Gasteiger partial charge >= 0.3 is 0 Å². The molecule has 5 aromatic rings. The number of nitrogens with zero attached hydrogens (tertiary/aromatic N) is 6. The number of likely N-dealkylation sites (tertiary alicyclic amines) is 1. The normalized spacial score (nSPS) is 17.0. The predicted octanol–water partition coefficient (Wildman–Crippen LogP) is 5.22. The van der Waals surface area contributed by atoms with Crippen LogP contribution < -0.4 is 16.0 Å². The lowest BCUT2D eigenvalue weighted by Crippen LogP contribution is -2.44. The van der Waals surface area contributed by atoms with Crippen LogP contribution in [0.3, 0.4) is 0 Å². The van der Waals surface area contributed by atoms with Crippen molar-refractivity contribution in [2.45, 2.75) is 38.8 Å². The first-order valence-corrected chi connectivity index (χ1v) is 15.4. The van der Waals surface area contributed by atoms with Crippen LogP contribution in [0.5, 0.6) is 0 Å². The number of anilines is 3. The molecule has 0 aliphatic carbocycles. The lowest BCUT2D eigenvalue weighted by Gasteiger charge is -2.33. The van der Waals surface area contributed by atoms with Gasteiger partial charge in [0.05, 0.1) is 18.0 Å². The zero-order valence-electron chi connectivity index (χ0n) is 26.2. The number of rotatable bonds is 10. The van der Waals surface area contributed by atoms with E-state index in [1.165, 1.54) is 0 Å². The average molecular weight is 624 g/mol. The van der Waals surface area contributed by atoms with Crippen molar-refractivity contribution < 1.29 is 14.3 Å². The number of fused-ring (bicyclic) bond motifs is 2. The number of piperidine rings is 1. The maximum atomic E-state index is 13.3. The van der Waals surface area contributed by atoms with Gasteiger partial charge in [-0.05, 0) is 55.1 Å². The molecule has 12 heteroatoms. The highest BCUT2D eigenvalue weighted by Crippen LogP contribution is 2.31. The molecule has 0 bridgehead atoms. The fraction of sp³-hybridized carbons (Fsp3) is 0.324. The van der Waals surface area contributed by atoms with Crippen molar-refractivity contribution in [2.75, 3.05) is 42.6 Å². The fourth-order valence-electron chi connectivity index (χ4n) is 5.84. The van der Waals surface area contributed by atoms with Gasteiger partial charge in [-0.15, -0.1) is 0 Å². The highest BCUT2D eigenvalue weighted by Gasteiger charge is 2.26. The number of carbonyl (C=O) groups is 1. The van der Waals surface area contributed by atoms with Gasteiger partial charge in [0.25, 0.3) is 5.91 Å². The van der Waals surface area contributed by atoms with Crippen LogP contribution in [0.4, 0.5) is 22.0 Å². The van der Waals surface area contributed by atoms with E-state index in [1.54, 1.807) is 22.8 Å². The first-order chi connectivity index (χ1) is 22.2. The van der Waals surface area contributed by atoms with Gasteiger partial charge in [-0.25, -0.2) is 4.39 Å². The van der Waals surface area contributed by atoms with Gasteiger partial charge in [0.15, 0.2) is 11.5 Å². The minimum Gasteiger partial charge on any atom is -0.391 e. The van der Waals surface area contributed by atoms with Gasteiger partial charge in [-0.1, -0.05) is 50.8 Å². The standard InChI is InChI=1S/C34H38FN9O2/c1-20(2)28-18-39-44-31(28)41-33(37-17-24-12-14-43(4)19-29(24)45)42-34(44)38-16-23-7-5-6-8-26(23)30-27-10-9-25(40-32(46)21(3)35)15-22(27)11-13-36-30/h5-11,13,15,18,20,24,29,45H,3,12,14,16-17,19H2,1-2,4H3,(H,40,46)(H2,37,38,41,42)/t24-,29+/m1/s1. The molecule has 4 N–H and O–H groups in total. The summed E-state index contributed by atoms with van der Waals surface area (Å²) in [7, 11) is 2.02. The Morgan fingerprint density at radius 3 is 2.76 bits per heavy atom. The van der Waals surface area contributed by atoms with E-state index in [1.807, 2.05) is 49.6 Å². The molecule has 46 heavy (non-hydrogen) atoms. The third-order valence-electron chi connectivity index (χ3n) is 8.44. The molecule has 1 aliphatic rings. The van der Waals surface area contributed by atoms with Gasteiger partial charge in [-0.3, -0.25) is 9.78 Å². The predicted molar refractivity (Wildman–Crippen MR) is 178 cm³/mol. The van der Waals surface area contributed by atoms with Crippen LogP contribution in [-0.4, -0.2) is 73.3 Å². The Hall–Kier alpha value is -4.94. The van der Waals surface area contributed by atoms with Crippen molar-refractivity contribution in [1.29, 1.82) is 0 Å². The highest BCUT2D eigenvalue weighted by atomic mass is 19.1. The molecular weight excluding hydrogens is 585 g/mol. The van der Waals surface area contributed by atoms with Crippen molar-refractivity contribution in [1.82, 2.24) is 29.5 Å². The van der Waals surface area contributed by atoms with Gasteiger partial charge in [0.1, 0.15) is 0 Å². The molecule has 0 saturated carbocycles. The van der Waals surface area contributed by atoms with E-state index >= 15 is 0 Å². The van der Waals surface area contributed by atoms with Crippen LogP contribution >= 0.6 is 0 Å². The minimum absolute atomic E-state index is 0.109. The van der Waals surface area contributed by atoms with Crippen LogP contribution in [0.2, 0.25) is 0 Å². The summed E-state index contributed by atoms with van der Waals surface area (Å²) in [5, 5.41) is 26.3. The molecule has 3 aromatic heterocycles. The van der Waals surface area contributed by atoms with Crippen molar-refractivity contribution in [3.05, 3.63) is 84.5 Å². The van der Waals surface area contributed by atoms with Gasteiger partial charge in [0, 0.05) is 53.9 Å².